The summed E-state index contributed by atoms with van der Waals surface area (Å²) in [6, 6.07) is 22.6. The van der Waals surface area contributed by atoms with Crippen LogP contribution >= 0.6 is 0 Å². The van der Waals surface area contributed by atoms with Crippen LogP contribution in [0.5, 0.6) is 11.6 Å². The number of amides is 1. The Morgan fingerprint density at radius 1 is 0.968 bits per heavy atom. The molecular formula is C25H20FN3O2. The van der Waals surface area contributed by atoms with Crippen molar-refractivity contribution in [1.29, 1.82) is 0 Å². The van der Waals surface area contributed by atoms with Crippen LogP contribution in [0.15, 0.2) is 85.2 Å². The van der Waals surface area contributed by atoms with Crippen LogP contribution in [0.1, 0.15) is 21.5 Å². The molecule has 0 bridgehead atoms. The van der Waals surface area contributed by atoms with Crippen molar-refractivity contribution in [3.8, 4) is 22.9 Å². The first-order valence-corrected chi connectivity index (χ1v) is 9.76. The Morgan fingerprint density at radius 2 is 1.77 bits per heavy atom. The molecule has 1 heterocycles. The maximum Gasteiger partial charge on any atom is 0.251 e. The van der Waals surface area contributed by atoms with Crippen molar-refractivity contribution in [2.24, 2.45) is 0 Å². The lowest BCUT2D eigenvalue weighted by Gasteiger charge is -2.09. The number of nitrogens with zero attached hydrogens (tertiary/aromatic N) is 2. The lowest BCUT2D eigenvalue weighted by atomic mass is 10.1. The molecule has 3 aromatic carbocycles. The minimum absolute atomic E-state index is 0.193. The average molecular weight is 413 g/mol. The number of hydrogen-bond donors (Lipinski definition) is 1. The summed E-state index contributed by atoms with van der Waals surface area (Å²) in [5, 5.41) is 2.92. The Kier molecular flexibility index (Phi) is 5.98. The van der Waals surface area contributed by atoms with Crippen LogP contribution in [-0.2, 0) is 6.54 Å². The molecule has 0 radical (unpaired) electrons. The number of nitrogens with one attached hydrogen (secondary N) is 1. The van der Waals surface area contributed by atoms with Crippen molar-refractivity contribution in [2.45, 2.75) is 13.5 Å². The third-order valence-corrected chi connectivity index (χ3v) is 4.64. The number of halogens is 1. The van der Waals surface area contributed by atoms with Gasteiger partial charge >= 0.3 is 0 Å². The van der Waals surface area contributed by atoms with Crippen LogP contribution in [-0.4, -0.2) is 15.9 Å². The van der Waals surface area contributed by atoms with E-state index in [2.05, 4.69) is 15.3 Å². The SMILES string of the molecule is Cc1cccc(CNC(=O)c2cccc(Oc3cc(-c4ccc(F)cc4)ncn3)c2)c1. The molecule has 1 amide bonds. The normalized spacial score (nSPS) is 10.5. The highest BCUT2D eigenvalue weighted by molar-refractivity contribution is 5.94. The minimum Gasteiger partial charge on any atom is -0.439 e. The van der Waals surface area contributed by atoms with E-state index in [0.717, 1.165) is 16.7 Å². The van der Waals surface area contributed by atoms with E-state index in [0.29, 0.717) is 29.4 Å². The van der Waals surface area contributed by atoms with E-state index in [4.69, 9.17) is 4.74 Å². The standard InChI is InChI=1S/C25H20FN3O2/c1-17-4-2-5-18(12-17)15-27-25(30)20-6-3-7-22(13-20)31-24-14-23(28-16-29-24)19-8-10-21(26)11-9-19/h2-14,16H,15H2,1H3,(H,27,30). The third kappa shape index (κ3) is 5.30. The number of ether oxygens (including phenoxy) is 1. The highest BCUT2D eigenvalue weighted by Crippen LogP contribution is 2.24. The first-order chi connectivity index (χ1) is 15.1. The van der Waals surface area contributed by atoms with Gasteiger partial charge in [-0.05, 0) is 55.0 Å². The van der Waals surface area contributed by atoms with E-state index in [1.807, 2.05) is 31.2 Å². The molecule has 31 heavy (non-hydrogen) atoms. The van der Waals surface area contributed by atoms with Crippen LogP contribution in [0.2, 0.25) is 0 Å². The Morgan fingerprint density at radius 3 is 2.58 bits per heavy atom. The Hall–Kier alpha value is -4.06. The van der Waals surface area contributed by atoms with Crippen LogP contribution in [0, 0.1) is 12.7 Å². The summed E-state index contributed by atoms with van der Waals surface area (Å²) in [6.07, 6.45) is 1.38. The lowest BCUT2D eigenvalue weighted by Crippen LogP contribution is -2.22. The van der Waals surface area contributed by atoms with Gasteiger partial charge in [-0.1, -0.05) is 35.9 Å². The predicted molar refractivity (Wildman–Crippen MR) is 116 cm³/mol. The topological polar surface area (TPSA) is 64.1 Å². The summed E-state index contributed by atoms with van der Waals surface area (Å²) in [6.45, 7) is 2.46. The molecule has 1 aromatic heterocycles. The zero-order chi connectivity index (χ0) is 21.6. The Labute approximate surface area is 179 Å². The van der Waals surface area contributed by atoms with Gasteiger partial charge in [0, 0.05) is 23.7 Å². The molecule has 0 saturated carbocycles. The van der Waals surface area contributed by atoms with E-state index in [1.54, 1.807) is 42.5 Å². The average Bonchev–Trinajstić information content (AvgIpc) is 2.78. The van der Waals surface area contributed by atoms with E-state index >= 15 is 0 Å². The molecular weight excluding hydrogens is 393 g/mol. The van der Waals surface area contributed by atoms with Gasteiger partial charge in [0.05, 0.1) is 5.69 Å². The van der Waals surface area contributed by atoms with Gasteiger partial charge in [0.15, 0.2) is 0 Å². The molecule has 154 valence electrons. The molecule has 0 aliphatic heterocycles. The zero-order valence-corrected chi connectivity index (χ0v) is 16.9. The molecule has 0 spiro atoms. The molecule has 0 unspecified atom stereocenters. The molecule has 6 heteroatoms. The second kappa shape index (κ2) is 9.17. The van der Waals surface area contributed by atoms with E-state index in [-0.39, 0.29) is 11.7 Å². The number of benzene rings is 3. The maximum atomic E-state index is 13.2. The Balaban J connectivity index is 1.45. The van der Waals surface area contributed by atoms with Crippen LogP contribution in [0.25, 0.3) is 11.3 Å². The van der Waals surface area contributed by atoms with Gasteiger partial charge in [0.1, 0.15) is 17.9 Å². The number of carbonyl (C=O) groups is 1. The molecule has 0 saturated heterocycles. The fraction of sp³-hybridized carbons (Fsp3) is 0.0800. The number of aromatic nitrogens is 2. The van der Waals surface area contributed by atoms with Gasteiger partial charge in [-0.3, -0.25) is 4.79 Å². The van der Waals surface area contributed by atoms with Gasteiger partial charge in [-0.2, -0.15) is 0 Å². The first-order valence-electron chi connectivity index (χ1n) is 9.76. The summed E-state index contributed by atoms with van der Waals surface area (Å²) in [7, 11) is 0. The van der Waals surface area contributed by atoms with Crippen LogP contribution in [0.3, 0.4) is 0 Å². The van der Waals surface area contributed by atoms with Crippen molar-refractivity contribution < 1.29 is 13.9 Å². The van der Waals surface area contributed by atoms with E-state index < -0.39 is 0 Å². The second-order valence-corrected chi connectivity index (χ2v) is 7.05. The molecule has 4 rings (SSSR count). The number of carbonyl (C=O) groups excluding carboxylic acids is 1. The fourth-order valence-electron chi connectivity index (χ4n) is 3.10. The summed E-state index contributed by atoms with van der Waals surface area (Å²) in [5.41, 5.74) is 4.02. The summed E-state index contributed by atoms with van der Waals surface area (Å²) in [4.78, 5) is 20.9. The zero-order valence-electron chi connectivity index (χ0n) is 16.9. The summed E-state index contributed by atoms with van der Waals surface area (Å²) < 4.78 is 19.0. The van der Waals surface area contributed by atoms with Crippen molar-refractivity contribution in [3.63, 3.8) is 0 Å². The molecule has 4 aromatic rings. The van der Waals surface area contributed by atoms with Crippen molar-refractivity contribution in [3.05, 3.63) is 108 Å². The predicted octanol–water partition coefficient (Wildman–Crippen LogP) is 5.31. The first kappa shape index (κ1) is 20.2. The highest BCUT2D eigenvalue weighted by atomic mass is 19.1. The van der Waals surface area contributed by atoms with Gasteiger partial charge in [0.2, 0.25) is 5.88 Å². The van der Waals surface area contributed by atoms with E-state index in [1.165, 1.54) is 18.5 Å². The number of hydrogen-bond acceptors (Lipinski definition) is 4. The minimum atomic E-state index is -0.313. The quantitative estimate of drug-likeness (QED) is 0.465. The molecule has 0 aliphatic carbocycles. The number of rotatable bonds is 6. The molecule has 5 nitrogen and oxygen atoms in total. The third-order valence-electron chi connectivity index (χ3n) is 4.64. The Bertz CT molecular complexity index is 1210. The molecule has 0 fully saturated rings. The van der Waals surface area contributed by atoms with Crippen molar-refractivity contribution in [1.82, 2.24) is 15.3 Å². The number of aryl methyl sites for hydroxylation is 1. The largest absolute Gasteiger partial charge is 0.439 e. The fourth-order valence-corrected chi connectivity index (χ4v) is 3.10. The summed E-state index contributed by atoms with van der Waals surface area (Å²) in [5.74, 6) is 0.298. The molecule has 0 atom stereocenters. The van der Waals surface area contributed by atoms with Crippen LogP contribution in [0.4, 0.5) is 4.39 Å². The lowest BCUT2D eigenvalue weighted by molar-refractivity contribution is 0.0950. The highest BCUT2D eigenvalue weighted by Gasteiger charge is 2.09. The molecule has 0 aliphatic rings. The van der Waals surface area contributed by atoms with Crippen molar-refractivity contribution in [2.75, 3.05) is 0 Å². The maximum absolute atomic E-state index is 13.2. The van der Waals surface area contributed by atoms with Gasteiger partial charge in [-0.15, -0.1) is 0 Å². The summed E-state index contributed by atoms with van der Waals surface area (Å²) >= 11 is 0. The van der Waals surface area contributed by atoms with Crippen molar-refractivity contribution >= 4 is 5.91 Å². The van der Waals surface area contributed by atoms with Crippen LogP contribution < -0.4 is 10.1 Å². The van der Waals surface area contributed by atoms with E-state index in [9.17, 15) is 9.18 Å². The van der Waals surface area contributed by atoms with Gasteiger partial charge in [0.25, 0.3) is 5.91 Å². The second-order valence-electron chi connectivity index (χ2n) is 7.05. The van der Waals surface area contributed by atoms with Gasteiger partial charge in [-0.25, -0.2) is 14.4 Å². The molecule has 1 N–H and O–H groups in total. The smallest absolute Gasteiger partial charge is 0.251 e. The monoisotopic (exact) mass is 413 g/mol. The van der Waals surface area contributed by atoms with Gasteiger partial charge < -0.3 is 10.1 Å².